The Hall–Kier alpha value is -0.980. The summed E-state index contributed by atoms with van der Waals surface area (Å²) in [7, 11) is 2.19. The lowest BCUT2D eigenvalue weighted by molar-refractivity contribution is 0.0968. The van der Waals surface area contributed by atoms with Crippen LogP contribution in [0.4, 0.5) is 0 Å². The number of nitrogens with zero attached hydrogens (tertiary/aromatic N) is 1. The molecule has 0 unspecified atom stereocenters. The van der Waals surface area contributed by atoms with Crippen molar-refractivity contribution >= 4 is 0 Å². The maximum atomic E-state index is 5.63. The van der Waals surface area contributed by atoms with E-state index in [9.17, 15) is 0 Å². The fraction of sp³-hybridized carbons (Fsp3) is 0.829. The van der Waals surface area contributed by atoms with E-state index >= 15 is 0 Å². The first-order valence-electron chi connectivity index (χ1n) is 17.1. The molecule has 2 aliphatic carbocycles. The summed E-state index contributed by atoms with van der Waals surface area (Å²) in [6, 6.07) is 10.5. The fourth-order valence-corrected chi connectivity index (χ4v) is 5.42. The van der Waals surface area contributed by atoms with Crippen LogP contribution in [0.1, 0.15) is 128 Å². The number of nitrogens with one attached hydrogen (secondary N) is 1. The molecule has 1 aromatic rings. The number of rotatable bonds is 1. The molecule has 0 bridgehead atoms. The second-order valence-electron chi connectivity index (χ2n) is 12.3. The van der Waals surface area contributed by atoms with Crippen molar-refractivity contribution < 1.29 is 4.74 Å². The monoisotopic (exact) mass is 561 g/mol. The molecule has 234 valence electrons. The number of benzene rings is 1. The summed E-state index contributed by atoms with van der Waals surface area (Å²) in [6.45, 7) is 10.1. The average Bonchev–Trinajstić information content (AvgIpc) is 3.52. The Bertz CT molecular complexity index is 552. The highest BCUT2D eigenvalue weighted by Gasteiger charge is 2.07. The van der Waals surface area contributed by atoms with E-state index in [1.165, 1.54) is 147 Å². The van der Waals surface area contributed by atoms with Gasteiger partial charge in [-0.1, -0.05) is 95.0 Å². The zero-order valence-corrected chi connectivity index (χ0v) is 26.7. The first kappa shape index (κ1) is 37.0. The van der Waals surface area contributed by atoms with E-state index in [0.29, 0.717) is 12.6 Å². The van der Waals surface area contributed by atoms with Crippen LogP contribution in [0, 0.1) is 5.92 Å². The van der Waals surface area contributed by atoms with Gasteiger partial charge in [-0.05, 0) is 102 Å². The Morgan fingerprint density at radius 1 is 0.700 bits per heavy atom. The van der Waals surface area contributed by atoms with Gasteiger partial charge in [0.1, 0.15) is 0 Å². The van der Waals surface area contributed by atoms with E-state index in [0.717, 1.165) is 19.1 Å². The molecule has 3 aliphatic heterocycles. The molecule has 3 saturated heterocycles. The zero-order chi connectivity index (χ0) is 28.9. The lowest BCUT2D eigenvalue weighted by atomic mass is 9.97. The van der Waals surface area contributed by atoms with Crippen LogP contribution in [0.3, 0.4) is 0 Å². The van der Waals surface area contributed by atoms with Gasteiger partial charge in [-0.2, -0.15) is 0 Å². The molecule has 0 atom stereocenters. The summed E-state index contributed by atoms with van der Waals surface area (Å²) in [6.07, 6.45) is 25.0. The van der Waals surface area contributed by atoms with Gasteiger partial charge in [-0.3, -0.25) is 0 Å². The zero-order valence-electron chi connectivity index (χ0n) is 26.7. The van der Waals surface area contributed by atoms with Gasteiger partial charge in [0.15, 0.2) is 0 Å². The number of piperidine rings is 2. The van der Waals surface area contributed by atoms with E-state index in [1.54, 1.807) is 0 Å². The standard InChI is InChI=1S/C7H9N.2C6H13N.C6H12.C5H11N.C5H10O/c8-6-7-4-2-1-3-5-7;1-7-5-3-2-4-6-7;7-6-4-2-1-3-5-6;1-6-4-2-3-5-6;2*1-2-4-6-5-3-1/h1-5H,6,8H2;2-6H2,1H3;6H,1-5,7H2;6H,2-5H2,1H3;6H,1-5H2;1-5H2. The van der Waals surface area contributed by atoms with Crippen LogP contribution in [-0.2, 0) is 11.3 Å². The minimum absolute atomic E-state index is 0.536. The first-order valence-corrected chi connectivity index (χ1v) is 17.1. The lowest BCUT2D eigenvalue weighted by Gasteiger charge is -2.20. The second-order valence-corrected chi connectivity index (χ2v) is 12.3. The minimum Gasteiger partial charge on any atom is -0.381 e. The third-order valence-electron chi connectivity index (χ3n) is 8.24. The SMILES string of the molecule is C1CCNCC1.C1CCOCC1.CC1CCCC1.CN1CCCCC1.NC1CCCCC1.NCc1ccccc1. The normalized spacial score (nSPS) is 21.7. The molecule has 40 heavy (non-hydrogen) atoms. The predicted octanol–water partition coefficient (Wildman–Crippen LogP) is 7.67. The number of ether oxygens (including phenoxy) is 1. The molecule has 6 rings (SSSR count). The van der Waals surface area contributed by atoms with Crippen molar-refractivity contribution in [3.8, 4) is 0 Å². The van der Waals surface area contributed by atoms with Crippen LogP contribution >= 0.6 is 0 Å². The van der Waals surface area contributed by atoms with Crippen LogP contribution in [0.5, 0.6) is 0 Å². The summed E-state index contributed by atoms with van der Waals surface area (Å²) in [4.78, 5) is 2.39. The Balaban J connectivity index is 0.000000241. The van der Waals surface area contributed by atoms with E-state index in [2.05, 4.69) is 24.2 Å². The molecule has 2 saturated carbocycles. The highest BCUT2D eigenvalue weighted by Crippen LogP contribution is 2.23. The molecule has 5 fully saturated rings. The van der Waals surface area contributed by atoms with Crippen LogP contribution in [-0.4, -0.2) is 57.4 Å². The summed E-state index contributed by atoms with van der Waals surface area (Å²) < 4.78 is 5.07. The van der Waals surface area contributed by atoms with E-state index in [4.69, 9.17) is 16.2 Å². The lowest BCUT2D eigenvalue weighted by Crippen LogP contribution is -2.24. The van der Waals surface area contributed by atoms with Crippen LogP contribution < -0.4 is 16.8 Å². The van der Waals surface area contributed by atoms with Crippen molar-refractivity contribution in [3.05, 3.63) is 35.9 Å². The number of likely N-dealkylation sites (tertiary alicyclic amines) is 1. The Morgan fingerprint density at radius 3 is 1.45 bits per heavy atom. The molecule has 0 aromatic heterocycles. The highest BCUT2D eigenvalue weighted by molar-refractivity contribution is 5.13. The maximum absolute atomic E-state index is 5.63. The van der Waals surface area contributed by atoms with Crippen LogP contribution in [0.15, 0.2) is 30.3 Å². The van der Waals surface area contributed by atoms with Gasteiger partial charge in [-0.25, -0.2) is 0 Å². The van der Waals surface area contributed by atoms with Gasteiger partial charge < -0.3 is 26.4 Å². The molecule has 0 spiro atoms. The van der Waals surface area contributed by atoms with Crippen molar-refractivity contribution in [1.82, 2.24) is 10.2 Å². The van der Waals surface area contributed by atoms with Gasteiger partial charge in [0.05, 0.1) is 0 Å². The largest absolute Gasteiger partial charge is 0.381 e. The van der Waals surface area contributed by atoms with Gasteiger partial charge in [0, 0.05) is 25.8 Å². The Morgan fingerprint density at radius 2 is 1.20 bits per heavy atom. The van der Waals surface area contributed by atoms with Crippen LogP contribution in [0.25, 0.3) is 0 Å². The summed E-state index contributed by atoms with van der Waals surface area (Å²) in [5, 5.41) is 3.28. The highest BCUT2D eigenvalue weighted by atomic mass is 16.5. The first-order chi connectivity index (χ1) is 19.6. The van der Waals surface area contributed by atoms with Crippen molar-refractivity contribution in [1.29, 1.82) is 0 Å². The van der Waals surface area contributed by atoms with E-state index in [1.807, 2.05) is 30.3 Å². The van der Waals surface area contributed by atoms with Gasteiger partial charge >= 0.3 is 0 Å². The molecular formula is C35H68N4O. The molecule has 1 aromatic carbocycles. The summed E-state index contributed by atoms with van der Waals surface area (Å²) in [5.41, 5.74) is 12.2. The average molecular weight is 561 g/mol. The number of hydrogen-bond acceptors (Lipinski definition) is 5. The second kappa shape index (κ2) is 28.2. The predicted molar refractivity (Wildman–Crippen MR) is 176 cm³/mol. The van der Waals surface area contributed by atoms with Crippen molar-refractivity contribution in [2.45, 2.75) is 135 Å². The smallest absolute Gasteiger partial charge is 0.0466 e. The molecular weight excluding hydrogens is 492 g/mol. The topological polar surface area (TPSA) is 76.5 Å². The quantitative estimate of drug-likeness (QED) is 0.329. The Kier molecular flexibility index (Phi) is 26.1. The molecule has 5 aliphatic rings. The number of hydrogen-bond donors (Lipinski definition) is 3. The van der Waals surface area contributed by atoms with E-state index in [-0.39, 0.29) is 0 Å². The van der Waals surface area contributed by atoms with Crippen LogP contribution in [0.2, 0.25) is 0 Å². The summed E-state index contributed by atoms with van der Waals surface area (Å²) in [5.74, 6) is 1.05. The molecule has 0 radical (unpaired) electrons. The number of nitrogens with two attached hydrogens (primary N) is 2. The van der Waals surface area contributed by atoms with Gasteiger partial charge in [-0.15, -0.1) is 0 Å². The van der Waals surface area contributed by atoms with Gasteiger partial charge in [0.2, 0.25) is 0 Å². The van der Waals surface area contributed by atoms with Crippen molar-refractivity contribution in [2.24, 2.45) is 17.4 Å². The van der Waals surface area contributed by atoms with Gasteiger partial charge in [0.25, 0.3) is 0 Å². The van der Waals surface area contributed by atoms with E-state index < -0.39 is 0 Å². The Labute approximate surface area is 249 Å². The molecule has 5 heteroatoms. The third kappa shape index (κ3) is 24.8. The minimum atomic E-state index is 0.536. The summed E-state index contributed by atoms with van der Waals surface area (Å²) >= 11 is 0. The molecule has 5 N–H and O–H groups in total. The van der Waals surface area contributed by atoms with Crippen molar-refractivity contribution in [3.63, 3.8) is 0 Å². The maximum Gasteiger partial charge on any atom is 0.0466 e. The molecule has 5 nitrogen and oxygen atoms in total. The fourth-order valence-electron chi connectivity index (χ4n) is 5.42. The molecule has 0 amide bonds. The van der Waals surface area contributed by atoms with Crippen molar-refractivity contribution in [2.75, 3.05) is 46.4 Å². The third-order valence-corrected chi connectivity index (χ3v) is 8.24. The molecule has 3 heterocycles.